The summed E-state index contributed by atoms with van der Waals surface area (Å²) < 4.78 is 0. The highest BCUT2D eigenvalue weighted by molar-refractivity contribution is 7.18. The van der Waals surface area contributed by atoms with Gasteiger partial charge in [-0.2, -0.15) is 0 Å². The molecule has 0 aliphatic heterocycles. The van der Waals surface area contributed by atoms with Crippen molar-refractivity contribution in [2.75, 3.05) is 5.73 Å². The smallest absolute Gasteiger partial charge is 0.221 e. The van der Waals surface area contributed by atoms with E-state index in [1.807, 2.05) is 12.1 Å². The van der Waals surface area contributed by atoms with Crippen LogP contribution in [0, 0.1) is 13.8 Å². The van der Waals surface area contributed by atoms with Crippen LogP contribution in [0.15, 0.2) is 30.3 Å². The van der Waals surface area contributed by atoms with E-state index < -0.39 is 0 Å². The summed E-state index contributed by atoms with van der Waals surface area (Å²) in [4.78, 5) is 10.9. The van der Waals surface area contributed by atoms with Crippen LogP contribution < -0.4 is 5.73 Å². The predicted octanol–water partition coefficient (Wildman–Crippen LogP) is 3.56. The number of anilines is 1. The third-order valence-corrected chi connectivity index (χ3v) is 3.88. The molecule has 18 heavy (non-hydrogen) atoms. The molecule has 90 valence electrons. The van der Waals surface area contributed by atoms with Crippen LogP contribution in [0.25, 0.3) is 21.5 Å². The van der Waals surface area contributed by atoms with E-state index in [1.165, 1.54) is 10.4 Å². The van der Waals surface area contributed by atoms with Gasteiger partial charge in [0.05, 0.1) is 5.69 Å². The minimum Gasteiger partial charge on any atom is -0.368 e. The zero-order chi connectivity index (χ0) is 12.7. The number of hydrogen-bond donors (Lipinski definition) is 1. The van der Waals surface area contributed by atoms with Gasteiger partial charge in [0.25, 0.3) is 0 Å². The van der Waals surface area contributed by atoms with Crippen molar-refractivity contribution >= 4 is 27.5 Å². The van der Waals surface area contributed by atoms with Crippen LogP contribution in [0.5, 0.6) is 0 Å². The third-order valence-electron chi connectivity index (χ3n) is 2.93. The van der Waals surface area contributed by atoms with E-state index in [0.29, 0.717) is 5.95 Å². The molecule has 0 unspecified atom stereocenters. The van der Waals surface area contributed by atoms with E-state index in [9.17, 15) is 0 Å². The van der Waals surface area contributed by atoms with E-state index >= 15 is 0 Å². The van der Waals surface area contributed by atoms with Crippen molar-refractivity contribution in [1.29, 1.82) is 0 Å². The van der Waals surface area contributed by atoms with E-state index in [-0.39, 0.29) is 0 Å². The quantitative estimate of drug-likeness (QED) is 0.723. The molecule has 0 spiro atoms. The summed E-state index contributed by atoms with van der Waals surface area (Å²) in [5.74, 6) is 0.336. The molecule has 2 heterocycles. The summed E-state index contributed by atoms with van der Waals surface area (Å²) in [5.41, 5.74) is 9.05. The highest BCUT2D eigenvalue weighted by atomic mass is 32.1. The number of nitrogens with zero attached hydrogens (tertiary/aromatic N) is 2. The average Bonchev–Trinajstić information content (AvgIpc) is 2.69. The molecule has 2 aromatic heterocycles. The lowest BCUT2D eigenvalue weighted by atomic mass is 10.0. The predicted molar refractivity (Wildman–Crippen MR) is 76.7 cm³/mol. The number of hydrogen-bond acceptors (Lipinski definition) is 4. The van der Waals surface area contributed by atoms with Gasteiger partial charge < -0.3 is 5.73 Å². The van der Waals surface area contributed by atoms with Gasteiger partial charge in [-0.3, -0.25) is 0 Å². The summed E-state index contributed by atoms with van der Waals surface area (Å²) >= 11 is 1.65. The molecule has 0 bridgehead atoms. The standard InChI is InChI=1S/C14H13N3S/c1-8-5-3-4-6-10(8)12-11-7-9(2)18-13(11)17-14(15)16-12/h3-7H,1-2H3,(H2,15,16,17). The van der Waals surface area contributed by atoms with Crippen LogP contribution in [0.2, 0.25) is 0 Å². The number of rotatable bonds is 1. The largest absolute Gasteiger partial charge is 0.368 e. The lowest BCUT2D eigenvalue weighted by Gasteiger charge is -2.06. The summed E-state index contributed by atoms with van der Waals surface area (Å²) in [6, 6.07) is 10.3. The third kappa shape index (κ3) is 1.75. The molecule has 0 aliphatic rings. The maximum Gasteiger partial charge on any atom is 0.221 e. The lowest BCUT2D eigenvalue weighted by Crippen LogP contribution is -1.97. The molecule has 3 nitrogen and oxygen atoms in total. The Hall–Kier alpha value is -1.94. The fourth-order valence-electron chi connectivity index (χ4n) is 2.10. The van der Waals surface area contributed by atoms with Gasteiger partial charge in [0.2, 0.25) is 5.95 Å². The van der Waals surface area contributed by atoms with Crippen LogP contribution in [-0.2, 0) is 0 Å². The topological polar surface area (TPSA) is 51.8 Å². The van der Waals surface area contributed by atoms with Crippen LogP contribution in [0.3, 0.4) is 0 Å². The van der Waals surface area contributed by atoms with Crippen molar-refractivity contribution in [3.05, 3.63) is 40.8 Å². The van der Waals surface area contributed by atoms with Crippen molar-refractivity contribution < 1.29 is 0 Å². The zero-order valence-corrected chi connectivity index (χ0v) is 11.1. The number of nitrogens with two attached hydrogens (primary N) is 1. The first-order valence-electron chi connectivity index (χ1n) is 5.75. The SMILES string of the molecule is Cc1cc2c(-c3ccccc3C)nc(N)nc2s1. The Balaban J connectivity index is 2.38. The number of thiophene rings is 1. The summed E-state index contributed by atoms with van der Waals surface area (Å²) in [6.07, 6.45) is 0. The highest BCUT2D eigenvalue weighted by Crippen LogP contribution is 2.33. The van der Waals surface area contributed by atoms with E-state index in [1.54, 1.807) is 11.3 Å². The first-order valence-corrected chi connectivity index (χ1v) is 6.56. The first kappa shape index (κ1) is 11.2. The molecule has 0 saturated heterocycles. The summed E-state index contributed by atoms with van der Waals surface area (Å²) in [6.45, 7) is 4.16. The van der Waals surface area contributed by atoms with Crippen molar-refractivity contribution in [2.24, 2.45) is 0 Å². The molecule has 2 N–H and O–H groups in total. The second-order valence-electron chi connectivity index (χ2n) is 4.32. The van der Waals surface area contributed by atoms with Crippen molar-refractivity contribution in [3.63, 3.8) is 0 Å². The minimum atomic E-state index is 0.336. The van der Waals surface area contributed by atoms with Gasteiger partial charge in [-0.25, -0.2) is 9.97 Å². The van der Waals surface area contributed by atoms with E-state index in [2.05, 4.69) is 42.0 Å². The van der Waals surface area contributed by atoms with Gasteiger partial charge in [-0.15, -0.1) is 11.3 Å². The highest BCUT2D eigenvalue weighted by Gasteiger charge is 2.12. The molecular formula is C14H13N3S. The number of nitrogen functional groups attached to an aromatic ring is 1. The van der Waals surface area contributed by atoms with E-state index in [4.69, 9.17) is 5.73 Å². The average molecular weight is 255 g/mol. The van der Waals surface area contributed by atoms with Crippen LogP contribution >= 0.6 is 11.3 Å². The lowest BCUT2D eigenvalue weighted by molar-refractivity contribution is 1.24. The van der Waals surface area contributed by atoms with Gasteiger partial charge in [0.1, 0.15) is 4.83 Å². The van der Waals surface area contributed by atoms with Crippen LogP contribution in [0.1, 0.15) is 10.4 Å². The fourth-order valence-corrected chi connectivity index (χ4v) is 2.99. The molecular weight excluding hydrogens is 242 g/mol. The van der Waals surface area contributed by atoms with Crippen molar-refractivity contribution in [2.45, 2.75) is 13.8 Å². The van der Waals surface area contributed by atoms with E-state index in [0.717, 1.165) is 21.5 Å². The van der Waals surface area contributed by atoms with Crippen molar-refractivity contribution in [1.82, 2.24) is 9.97 Å². The molecule has 0 radical (unpaired) electrons. The van der Waals surface area contributed by atoms with Gasteiger partial charge in [-0.1, -0.05) is 24.3 Å². The number of aromatic nitrogens is 2. The Morgan fingerprint density at radius 3 is 2.67 bits per heavy atom. The monoisotopic (exact) mass is 255 g/mol. The molecule has 0 fully saturated rings. The second-order valence-corrected chi connectivity index (χ2v) is 5.56. The molecule has 3 aromatic rings. The van der Waals surface area contributed by atoms with Gasteiger partial charge in [0.15, 0.2) is 0 Å². The molecule has 0 atom stereocenters. The Bertz CT molecular complexity index is 731. The van der Waals surface area contributed by atoms with Crippen LogP contribution in [0.4, 0.5) is 5.95 Å². The fraction of sp³-hybridized carbons (Fsp3) is 0.143. The van der Waals surface area contributed by atoms with Gasteiger partial charge >= 0.3 is 0 Å². The van der Waals surface area contributed by atoms with Gasteiger partial charge in [0, 0.05) is 15.8 Å². The molecule has 0 aliphatic carbocycles. The van der Waals surface area contributed by atoms with Gasteiger partial charge in [-0.05, 0) is 25.5 Å². The number of aryl methyl sites for hydroxylation is 2. The first-order chi connectivity index (χ1) is 8.65. The van der Waals surface area contributed by atoms with Crippen LogP contribution in [-0.4, -0.2) is 9.97 Å². The Kier molecular flexibility index (Phi) is 2.52. The molecule has 0 amide bonds. The summed E-state index contributed by atoms with van der Waals surface area (Å²) in [5, 5.41) is 1.08. The van der Waals surface area contributed by atoms with Crippen molar-refractivity contribution in [3.8, 4) is 11.3 Å². The molecule has 3 rings (SSSR count). The Labute approximate surface area is 109 Å². The summed E-state index contributed by atoms with van der Waals surface area (Å²) in [7, 11) is 0. The Morgan fingerprint density at radius 1 is 1.11 bits per heavy atom. The molecule has 0 saturated carbocycles. The molecule has 1 aromatic carbocycles. The number of benzene rings is 1. The maximum atomic E-state index is 5.81. The maximum absolute atomic E-state index is 5.81. The normalized spacial score (nSPS) is 11.0. The minimum absolute atomic E-state index is 0.336. The zero-order valence-electron chi connectivity index (χ0n) is 10.3. The Morgan fingerprint density at radius 2 is 1.89 bits per heavy atom. The second kappa shape index (κ2) is 4.07. The molecule has 4 heteroatoms. The number of fused-ring (bicyclic) bond motifs is 1.